The molecular weight excluding hydrogens is 333 g/mol. The monoisotopic (exact) mass is 351 g/mol. The standard InChI is InChI=1S/C20H18FN3O2/c1-12-5-3-6-13(2)18(12)24-11-15(10-17(24)25)20-22-19(23-26-20)14-7-4-8-16(21)9-14/h3-9,15H,10-11H2,1-2H3. The number of benzene rings is 2. The summed E-state index contributed by atoms with van der Waals surface area (Å²) in [5.74, 6) is 0.254. The molecule has 5 nitrogen and oxygen atoms in total. The summed E-state index contributed by atoms with van der Waals surface area (Å²) in [5, 5.41) is 3.95. The number of hydrogen-bond acceptors (Lipinski definition) is 4. The maximum absolute atomic E-state index is 13.4. The SMILES string of the molecule is Cc1cccc(C)c1N1CC(c2nc(-c3cccc(F)c3)no2)CC1=O. The van der Waals surface area contributed by atoms with Crippen molar-refractivity contribution in [2.24, 2.45) is 0 Å². The van der Waals surface area contributed by atoms with Crippen LogP contribution in [0, 0.1) is 19.7 Å². The van der Waals surface area contributed by atoms with Crippen LogP contribution in [-0.2, 0) is 4.79 Å². The molecule has 0 aliphatic carbocycles. The topological polar surface area (TPSA) is 59.2 Å². The van der Waals surface area contributed by atoms with E-state index in [0.29, 0.717) is 30.2 Å². The summed E-state index contributed by atoms with van der Waals surface area (Å²) in [6.45, 7) is 4.49. The van der Waals surface area contributed by atoms with E-state index >= 15 is 0 Å². The van der Waals surface area contributed by atoms with Crippen LogP contribution in [0.1, 0.15) is 29.4 Å². The third-order valence-electron chi connectivity index (χ3n) is 4.71. The van der Waals surface area contributed by atoms with E-state index in [1.54, 1.807) is 17.0 Å². The smallest absolute Gasteiger partial charge is 0.232 e. The number of anilines is 1. The van der Waals surface area contributed by atoms with Gasteiger partial charge in [0.1, 0.15) is 5.82 Å². The summed E-state index contributed by atoms with van der Waals surface area (Å²) >= 11 is 0. The Hall–Kier alpha value is -3.02. The van der Waals surface area contributed by atoms with Gasteiger partial charge in [0.25, 0.3) is 0 Å². The zero-order valence-electron chi connectivity index (χ0n) is 14.6. The third-order valence-corrected chi connectivity index (χ3v) is 4.71. The molecule has 0 spiro atoms. The fourth-order valence-corrected chi connectivity index (χ4v) is 3.47. The molecule has 1 atom stereocenters. The Morgan fingerprint density at radius 2 is 1.88 bits per heavy atom. The summed E-state index contributed by atoms with van der Waals surface area (Å²) in [5.41, 5.74) is 3.62. The Kier molecular flexibility index (Phi) is 4.03. The molecule has 0 N–H and O–H groups in total. The first-order chi connectivity index (χ1) is 12.5. The van der Waals surface area contributed by atoms with Gasteiger partial charge in [-0.25, -0.2) is 4.39 Å². The number of amides is 1. The minimum atomic E-state index is -0.355. The van der Waals surface area contributed by atoms with Crippen molar-refractivity contribution in [1.29, 1.82) is 0 Å². The molecular formula is C20H18FN3O2. The molecule has 3 aromatic rings. The molecule has 132 valence electrons. The predicted molar refractivity (Wildman–Crippen MR) is 95.3 cm³/mol. The Balaban J connectivity index is 1.60. The van der Waals surface area contributed by atoms with Gasteiger partial charge in [-0.3, -0.25) is 4.79 Å². The summed E-state index contributed by atoms with van der Waals surface area (Å²) < 4.78 is 18.8. The van der Waals surface area contributed by atoms with Gasteiger partial charge < -0.3 is 9.42 Å². The summed E-state index contributed by atoms with van der Waals surface area (Å²) in [6, 6.07) is 12.0. The Morgan fingerprint density at radius 1 is 1.15 bits per heavy atom. The molecule has 1 amide bonds. The average molecular weight is 351 g/mol. The number of para-hydroxylation sites is 1. The number of halogens is 1. The quantitative estimate of drug-likeness (QED) is 0.715. The number of rotatable bonds is 3. The second-order valence-electron chi connectivity index (χ2n) is 6.61. The summed E-state index contributed by atoms with van der Waals surface area (Å²) in [6.07, 6.45) is 0.318. The van der Waals surface area contributed by atoms with Crippen molar-refractivity contribution < 1.29 is 13.7 Å². The highest BCUT2D eigenvalue weighted by Crippen LogP contribution is 2.35. The van der Waals surface area contributed by atoms with E-state index in [9.17, 15) is 9.18 Å². The normalized spacial score (nSPS) is 17.1. The van der Waals surface area contributed by atoms with E-state index in [4.69, 9.17) is 4.52 Å². The minimum Gasteiger partial charge on any atom is -0.339 e. The molecule has 2 heterocycles. The van der Waals surface area contributed by atoms with E-state index in [1.807, 2.05) is 32.0 Å². The number of nitrogens with zero attached hydrogens (tertiary/aromatic N) is 3. The highest BCUT2D eigenvalue weighted by atomic mass is 19.1. The van der Waals surface area contributed by atoms with Crippen molar-refractivity contribution in [2.75, 3.05) is 11.4 Å². The largest absolute Gasteiger partial charge is 0.339 e. The van der Waals surface area contributed by atoms with E-state index in [2.05, 4.69) is 10.1 Å². The lowest BCUT2D eigenvalue weighted by atomic mass is 10.1. The number of hydrogen-bond donors (Lipinski definition) is 0. The van der Waals surface area contributed by atoms with E-state index in [0.717, 1.165) is 16.8 Å². The predicted octanol–water partition coefficient (Wildman–Crippen LogP) is 4.01. The van der Waals surface area contributed by atoms with Crippen LogP contribution in [0.3, 0.4) is 0 Å². The highest BCUT2D eigenvalue weighted by Gasteiger charge is 2.36. The van der Waals surface area contributed by atoms with Gasteiger partial charge in [-0.15, -0.1) is 0 Å². The van der Waals surface area contributed by atoms with Crippen molar-refractivity contribution in [1.82, 2.24) is 10.1 Å². The van der Waals surface area contributed by atoms with Crippen LogP contribution in [-0.4, -0.2) is 22.6 Å². The highest BCUT2D eigenvalue weighted by molar-refractivity contribution is 5.97. The Labute approximate surface area is 150 Å². The van der Waals surface area contributed by atoms with E-state index < -0.39 is 0 Å². The zero-order valence-corrected chi connectivity index (χ0v) is 14.6. The maximum Gasteiger partial charge on any atom is 0.232 e. The van der Waals surface area contributed by atoms with Gasteiger partial charge >= 0.3 is 0 Å². The van der Waals surface area contributed by atoms with E-state index in [-0.39, 0.29) is 17.6 Å². The number of aryl methyl sites for hydroxylation is 2. The molecule has 6 heteroatoms. The molecule has 1 saturated heterocycles. The van der Waals surface area contributed by atoms with Crippen LogP contribution < -0.4 is 4.90 Å². The van der Waals surface area contributed by atoms with Crippen LogP contribution in [0.15, 0.2) is 47.0 Å². The summed E-state index contributed by atoms with van der Waals surface area (Å²) in [7, 11) is 0. The second kappa shape index (κ2) is 6.37. The minimum absolute atomic E-state index is 0.0397. The first kappa shape index (κ1) is 16.4. The number of aromatic nitrogens is 2. The lowest BCUT2D eigenvalue weighted by Crippen LogP contribution is -2.26. The molecule has 4 rings (SSSR count). The van der Waals surface area contributed by atoms with Crippen LogP contribution in [0.4, 0.5) is 10.1 Å². The molecule has 1 aromatic heterocycles. The van der Waals surface area contributed by atoms with Gasteiger partial charge in [0.05, 0.1) is 5.92 Å². The first-order valence-corrected chi connectivity index (χ1v) is 8.49. The van der Waals surface area contributed by atoms with Gasteiger partial charge in [-0.05, 0) is 37.1 Å². The maximum atomic E-state index is 13.4. The zero-order chi connectivity index (χ0) is 18.3. The average Bonchev–Trinajstić information content (AvgIpc) is 3.22. The van der Waals surface area contributed by atoms with E-state index in [1.165, 1.54) is 12.1 Å². The number of carbonyl (C=O) groups is 1. The van der Waals surface area contributed by atoms with Crippen molar-refractivity contribution in [3.63, 3.8) is 0 Å². The second-order valence-corrected chi connectivity index (χ2v) is 6.61. The van der Waals surface area contributed by atoms with Gasteiger partial charge in [0.15, 0.2) is 0 Å². The van der Waals surface area contributed by atoms with Crippen molar-refractivity contribution in [3.05, 3.63) is 65.3 Å². The lowest BCUT2D eigenvalue weighted by molar-refractivity contribution is -0.117. The Morgan fingerprint density at radius 3 is 2.62 bits per heavy atom. The molecule has 1 aliphatic heterocycles. The molecule has 26 heavy (non-hydrogen) atoms. The molecule has 2 aromatic carbocycles. The molecule has 1 fully saturated rings. The van der Waals surface area contributed by atoms with Gasteiger partial charge in [-0.2, -0.15) is 4.98 Å². The third kappa shape index (κ3) is 2.87. The fraction of sp³-hybridized carbons (Fsp3) is 0.250. The van der Waals surface area contributed by atoms with Crippen molar-refractivity contribution >= 4 is 11.6 Å². The summed E-state index contributed by atoms with van der Waals surface area (Å²) in [4.78, 5) is 18.8. The molecule has 0 bridgehead atoms. The number of carbonyl (C=O) groups excluding carboxylic acids is 1. The molecule has 0 saturated carbocycles. The van der Waals surface area contributed by atoms with Crippen molar-refractivity contribution in [3.8, 4) is 11.4 Å². The van der Waals surface area contributed by atoms with Crippen LogP contribution in [0.2, 0.25) is 0 Å². The van der Waals surface area contributed by atoms with Crippen LogP contribution in [0.25, 0.3) is 11.4 Å². The molecule has 0 radical (unpaired) electrons. The van der Waals surface area contributed by atoms with Gasteiger partial charge in [0.2, 0.25) is 17.6 Å². The van der Waals surface area contributed by atoms with Crippen LogP contribution >= 0.6 is 0 Å². The molecule has 1 unspecified atom stereocenters. The first-order valence-electron chi connectivity index (χ1n) is 8.49. The Bertz CT molecular complexity index is 962. The van der Waals surface area contributed by atoms with Gasteiger partial charge in [-0.1, -0.05) is 35.5 Å². The molecule has 1 aliphatic rings. The van der Waals surface area contributed by atoms with Crippen LogP contribution in [0.5, 0.6) is 0 Å². The van der Waals surface area contributed by atoms with Crippen molar-refractivity contribution in [2.45, 2.75) is 26.2 Å². The fourth-order valence-electron chi connectivity index (χ4n) is 3.47. The van der Waals surface area contributed by atoms with Gasteiger partial charge in [0, 0.05) is 24.2 Å². The lowest BCUT2D eigenvalue weighted by Gasteiger charge is -2.21.